The van der Waals surface area contributed by atoms with Gasteiger partial charge in [-0.15, -0.1) is 0 Å². The predicted octanol–water partition coefficient (Wildman–Crippen LogP) is 1.53. The van der Waals surface area contributed by atoms with Crippen molar-refractivity contribution >= 4 is 23.2 Å². The number of rotatable bonds is 2. The molecule has 0 aliphatic carbocycles. The van der Waals surface area contributed by atoms with Crippen molar-refractivity contribution in [2.45, 2.75) is 26.2 Å². The maximum absolute atomic E-state index is 12.2. The number of carbonyl (C=O) groups is 2. The fourth-order valence-corrected chi connectivity index (χ4v) is 3.13. The maximum Gasteiger partial charge on any atom is 0.228 e. The summed E-state index contributed by atoms with van der Waals surface area (Å²) >= 11 is 0. The number of piperidine rings is 1. The smallest absolute Gasteiger partial charge is 0.228 e. The van der Waals surface area contributed by atoms with Crippen LogP contribution in [0.1, 0.15) is 25.3 Å². The second kappa shape index (κ2) is 5.85. The summed E-state index contributed by atoms with van der Waals surface area (Å²) in [7, 11) is 0. The monoisotopic (exact) mass is 287 g/mol. The Hall–Kier alpha value is -1.88. The van der Waals surface area contributed by atoms with Crippen LogP contribution in [0.4, 0.5) is 11.4 Å². The Labute approximate surface area is 124 Å². The highest BCUT2D eigenvalue weighted by Crippen LogP contribution is 2.30. The zero-order chi connectivity index (χ0) is 14.8. The molecule has 1 saturated heterocycles. The molecule has 1 aromatic carbocycles. The lowest BCUT2D eigenvalue weighted by molar-refractivity contribution is -0.120. The van der Waals surface area contributed by atoms with Gasteiger partial charge in [0.1, 0.15) is 0 Å². The van der Waals surface area contributed by atoms with E-state index in [0.29, 0.717) is 0 Å². The zero-order valence-electron chi connectivity index (χ0n) is 12.3. The molecule has 112 valence electrons. The van der Waals surface area contributed by atoms with E-state index in [1.54, 1.807) is 11.8 Å². The van der Waals surface area contributed by atoms with Gasteiger partial charge in [-0.25, -0.2) is 0 Å². The van der Waals surface area contributed by atoms with E-state index in [0.717, 1.165) is 55.8 Å². The van der Waals surface area contributed by atoms with E-state index < -0.39 is 0 Å². The number of benzene rings is 1. The van der Waals surface area contributed by atoms with Gasteiger partial charge in [-0.1, -0.05) is 0 Å². The van der Waals surface area contributed by atoms with Crippen molar-refractivity contribution < 1.29 is 9.59 Å². The molecular weight excluding hydrogens is 266 g/mol. The normalized spacial score (nSPS) is 21.0. The van der Waals surface area contributed by atoms with Crippen molar-refractivity contribution in [2.75, 3.05) is 29.9 Å². The van der Waals surface area contributed by atoms with Gasteiger partial charge in [0.25, 0.3) is 0 Å². The van der Waals surface area contributed by atoms with Gasteiger partial charge < -0.3 is 15.5 Å². The number of nitrogens with one attached hydrogen (secondary N) is 2. The first-order valence-electron chi connectivity index (χ1n) is 7.58. The minimum Gasteiger partial charge on any atom is -0.326 e. The maximum atomic E-state index is 12.2. The first-order valence-corrected chi connectivity index (χ1v) is 7.58. The molecule has 1 fully saturated rings. The Morgan fingerprint density at radius 3 is 2.95 bits per heavy atom. The standard InChI is InChI=1S/C16H21N3O2/c1-11(20)19-8-6-12-9-14(4-5-15(12)19)18-16(21)13-3-2-7-17-10-13/h4-5,9,13,17H,2-3,6-8,10H2,1H3,(H,18,21)/t13-/m1/s1. The van der Waals surface area contributed by atoms with E-state index in [1.165, 1.54) is 0 Å². The average molecular weight is 287 g/mol. The number of carbonyl (C=O) groups excluding carboxylic acids is 2. The molecule has 1 atom stereocenters. The number of hydrogen-bond donors (Lipinski definition) is 2. The summed E-state index contributed by atoms with van der Waals surface area (Å²) in [6.07, 6.45) is 2.85. The minimum atomic E-state index is 0.0562. The molecule has 21 heavy (non-hydrogen) atoms. The lowest BCUT2D eigenvalue weighted by Crippen LogP contribution is -2.37. The van der Waals surface area contributed by atoms with Crippen LogP contribution in [0.2, 0.25) is 0 Å². The van der Waals surface area contributed by atoms with E-state index in [4.69, 9.17) is 0 Å². The van der Waals surface area contributed by atoms with E-state index in [-0.39, 0.29) is 17.7 Å². The highest BCUT2D eigenvalue weighted by molar-refractivity contribution is 5.96. The molecule has 1 aromatic rings. The zero-order valence-corrected chi connectivity index (χ0v) is 12.3. The molecular formula is C16H21N3O2. The summed E-state index contributed by atoms with van der Waals surface area (Å²) in [6.45, 7) is 4.08. The van der Waals surface area contributed by atoms with Crippen molar-refractivity contribution in [3.63, 3.8) is 0 Å². The molecule has 2 N–H and O–H groups in total. The van der Waals surface area contributed by atoms with E-state index in [9.17, 15) is 9.59 Å². The summed E-state index contributed by atoms with van der Waals surface area (Å²) in [5.74, 6) is 0.211. The lowest BCUT2D eigenvalue weighted by atomic mass is 9.98. The third-order valence-corrected chi connectivity index (χ3v) is 4.29. The van der Waals surface area contributed by atoms with Crippen LogP contribution in [0, 0.1) is 5.92 Å². The number of fused-ring (bicyclic) bond motifs is 1. The number of amides is 2. The SMILES string of the molecule is CC(=O)N1CCc2cc(NC(=O)[C@@H]3CCCNC3)ccc21. The molecule has 5 nitrogen and oxygen atoms in total. The Morgan fingerprint density at radius 1 is 1.38 bits per heavy atom. The summed E-state index contributed by atoms with van der Waals surface area (Å²) in [5, 5.41) is 6.26. The van der Waals surface area contributed by atoms with Crippen LogP contribution >= 0.6 is 0 Å². The van der Waals surface area contributed by atoms with Gasteiger partial charge in [0.15, 0.2) is 0 Å². The van der Waals surface area contributed by atoms with E-state index in [2.05, 4.69) is 10.6 Å². The third kappa shape index (κ3) is 2.93. The van der Waals surface area contributed by atoms with Crippen LogP contribution in [-0.2, 0) is 16.0 Å². The summed E-state index contributed by atoms with van der Waals surface area (Å²) in [6, 6.07) is 5.80. The molecule has 2 aliphatic rings. The first-order chi connectivity index (χ1) is 10.1. The molecule has 0 saturated carbocycles. The lowest BCUT2D eigenvalue weighted by Gasteiger charge is -2.22. The van der Waals surface area contributed by atoms with Crippen molar-refractivity contribution in [1.29, 1.82) is 0 Å². The van der Waals surface area contributed by atoms with Crippen LogP contribution in [0.3, 0.4) is 0 Å². The van der Waals surface area contributed by atoms with Crippen LogP contribution < -0.4 is 15.5 Å². The molecule has 0 radical (unpaired) electrons. The molecule has 2 aliphatic heterocycles. The number of nitrogens with zero attached hydrogens (tertiary/aromatic N) is 1. The molecule has 0 bridgehead atoms. The van der Waals surface area contributed by atoms with Crippen LogP contribution in [0.15, 0.2) is 18.2 Å². The molecule has 2 heterocycles. The Morgan fingerprint density at radius 2 is 2.24 bits per heavy atom. The number of anilines is 2. The van der Waals surface area contributed by atoms with Crippen molar-refractivity contribution in [3.8, 4) is 0 Å². The second-order valence-corrected chi connectivity index (χ2v) is 5.80. The quantitative estimate of drug-likeness (QED) is 0.867. The first kappa shape index (κ1) is 14.1. The van der Waals surface area contributed by atoms with Crippen LogP contribution in [0.25, 0.3) is 0 Å². The second-order valence-electron chi connectivity index (χ2n) is 5.80. The highest BCUT2D eigenvalue weighted by atomic mass is 16.2. The Balaban J connectivity index is 1.70. The van der Waals surface area contributed by atoms with Gasteiger partial charge in [-0.2, -0.15) is 0 Å². The summed E-state index contributed by atoms with van der Waals surface area (Å²) < 4.78 is 0. The van der Waals surface area contributed by atoms with Crippen LogP contribution in [0.5, 0.6) is 0 Å². The van der Waals surface area contributed by atoms with Gasteiger partial charge in [0.05, 0.1) is 5.92 Å². The number of hydrogen-bond acceptors (Lipinski definition) is 3. The van der Waals surface area contributed by atoms with E-state index >= 15 is 0 Å². The van der Waals surface area contributed by atoms with Gasteiger partial charge in [-0.05, 0) is 49.6 Å². The molecule has 5 heteroatoms. The molecule has 3 rings (SSSR count). The van der Waals surface area contributed by atoms with Crippen molar-refractivity contribution in [2.24, 2.45) is 5.92 Å². The predicted molar refractivity (Wildman–Crippen MR) is 82.4 cm³/mol. The topological polar surface area (TPSA) is 61.4 Å². The van der Waals surface area contributed by atoms with Gasteiger partial charge in [0, 0.05) is 31.4 Å². The van der Waals surface area contributed by atoms with Crippen molar-refractivity contribution in [3.05, 3.63) is 23.8 Å². The minimum absolute atomic E-state index is 0.0562. The fourth-order valence-electron chi connectivity index (χ4n) is 3.13. The van der Waals surface area contributed by atoms with Crippen LogP contribution in [-0.4, -0.2) is 31.4 Å². The molecule has 0 spiro atoms. The fraction of sp³-hybridized carbons (Fsp3) is 0.500. The van der Waals surface area contributed by atoms with Crippen molar-refractivity contribution in [1.82, 2.24) is 5.32 Å². The third-order valence-electron chi connectivity index (χ3n) is 4.29. The van der Waals surface area contributed by atoms with Gasteiger partial charge in [0.2, 0.25) is 11.8 Å². The molecule has 0 unspecified atom stereocenters. The largest absolute Gasteiger partial charge is 0.326 e. The van der Waals surface area contributed by atoms with Gasteiger partial charge >= 0.3 is 0 Å². The summed E-state index contributed by atoms with van der Waals surface area (Å²) in [5.41, 5.74) is 2.93. The molecule has 0 aromatic heterocycles. The Bertz CT molecular complexity index is 565. The Kier molecular flexibility index (Phi) is 3.92. The summed E-state index contributed by atoms with van der Waals surface area (Å²) in [4.78, 5) is 25.5. The molecule has 2 amide bonds. The highest BCUT2D eigenvalue weighted by Gasteiger charge is 2.24. The van der Waals surface area contributed by atoms with E-state index in [1.807, 2.05) is 18.2 Å². The average Bonchev–Trinajstić information content (AvgIpc) is 2.91. The van der Waals surface area contributed by atoms with Gasteiger partial charge in [-0.3, -0.25) is 9.59 Å².